The number of ether oxygens (including phenoxy) is 8. The van der Waals surface area contributed by atoms with Crippen LogP contribution in [0.25, 0.3) is 0 Å². The number of rotatable bonds is 36. The Morgan fingerprint density at radius 3 is 1.42 bits per heavy atom. The Hall–Kier alpha value is -3.03. The van der Waals surface area contributed by atoms with Crippen LogP contribution in [0, 0.1) is 5.92 Å². The van der Waals surface area contributed by atoms with E-state index in [1.54, 1.807) is 7.05 Å². The zero-order valence-corrected chi connectivity index (χ0v) is 31.3. The molecule has 17 nitrogen and oxygen atoms in total. The summed E-state index contributed by atoms with van der Waals surface area (Å²) < 4.78 is 43.6. The van der Waals surface area contributed by atoms with E-state index in [0.29, 0.717) is 131 Å². The molecule has 5 amide bonds. The second-order valence-electron chi connectivity index (χ2n) is 11.9. The third-order valence-electron chi connectivity index (χ3n) is 7.34. The van der Waals surface area contributed by atoms with Crippen LogP contribution >= 0.6 is 0 Å². The number of carbonyl (C=O) groups excluding carboxylic acids is 5. The smallest absolute Gasteiger partial charge is 0.253 e. The molecule has 1 atom stereocenters. The Labute approximate surface area is 308 Å². The van der Waals surface area contributed by atoms with Gasteiger partial charge in [-0.3, -0.25) is 28.9 Å². The molecule has 0 aliphatic carbocycles. The number of hydrogen-bond acceptors (Lipinski definition) is 13. The summed E-state index contributed by atoms with van der Waals surface area (Å²) in [5.74, 6) is -1.06. The van der Waals surface area contributed by atoms with Gasteiger partial charge in [0.2, 0.25) is 17.7 Å². The summed E-state index contributed by atoms with van der Waals surface area (Å²) in [6.45, 7) is 11.3. The highest BCUT2D eigenvalue weighted by molar-refractivity contribution is 6.12. The summed E-state index contributed by atoms with van der Waals surface area (Å²) >= 11 is 0. The van der Waals surface area contributed by atoms with Crippen molar-refractivity contribution in [2.24, 2.45) is 5.92 Å². The van der Waals surface area contributed by atoms with Crippen molar-refractivity contribution in [3.05, 3.63) is 12.2 Å². The Kier molecular flexibility index (Phi) is 29.5. The maximum absolute atomic E-state index is 12.0. The van der Waals surface area contributed by atoms with Crippen molar-refractivity contribution in [3.63, 3.8) is 0 Å². The summed E-state index contributed by atoms with van der Waals surface area (Å²) in [6, 6.07) is -0.561. The molecule has 0 fully saturated rings. The molecule has 300 valence electrons. The van der Waals surface area contributed by atoms with Crippen molar-refractivity contribution < 1.29 is 61.9 Å². The van der Waals surface area contributed by atoms with Crippen molar-refractivity contribution in [1.82, 2.24) is 20.9 Å². The average Bonchev–Trinajstić information content (AvgIpc) is 3.45. The molecule has 1 heterocycles. The lowest BCUT2D eigenvalue weighted by molar-refractivity contribution is -0.137. The van der Waals surface area contributed by atoms with E-state index in [4.69, 9.17) is 37.9 Å². The SMILES string of the molecule is CNC(=O)[C@@H](NC(=O)CCOCCOCCOCCOCCOCCOCCOCCOCCNC(=O)CCCCCN1C(=O)C=CC1=O)C(C)C. The fourth-order valence-corrected chi connectivity index (χ4v) is 4.48. The van der Waals surface area contributed by atoms with Gasteiger partial charge in [0.05, 0.1) is 106 Å². The second-order valence-corrected chi connectivity index (χ2v) is 11.9. The van der Waals surface area contributed by atoms with Gasteiger partial charge in [-0.2, -0.15) is 0 Å². The number of likely N-dealkylation sites (N-methyl/N-ethyl adjacent to an activating group) is 1. The summed E-state index contributed by atoms with van der Waals surface area (Å²) in [5.41, 5.74) is 0. The molecule has 1 aliphatic heterocycles. The number of amides is 5. The monoisotopic (exact) mass is 746 g/mol. The van der Waals surface area contributed by atoms with Crippen molar-refractivity contribution in [2.45, 2.75) is 52.0 Å². The van der Waals surface area contributed by atoms with Crippen molar-refractivity contribution in [3.8, 4) is 0 Å². The van der Waals surface area contributed by atoms with Gasteiger partial charge in [-0.1, -0.05) is 20.3 Å². The molecule has 0 aromatic heterocycles. The lowest BCUT2D eigenvalue weighted by atomic mass is 10.0. The Morgan fingerprint density at radius 1 is 0.577 bits per heavy atom. The van der Waals surface area contributed by atoms with Gasteiger partial charge in [0.25, 0.3) is 11.8 Å². The van der Waals surface area contributed by atoms with Crippen LogP contribution in [-0.4, -0.2) is 166 Å². The Balaban J connectivity index is 1.71. The summed E-state index contributed by atoms with van der Waals surface area (Å²) in [6.07, 6.45) is 5.24. The van der Waals surface area contributed by atoms with E-state index in [0.717, 1.165) is 6.42 Å². The van der Waals surface area contributed by atoms with Gasteiger partial charge in [-0.25, -0.2) is 0 Å². The normalized spacial score (nSPS) is 13.3. The van der Waals surface area contributed by atoms with Gasteiger partial charge in [0.15, 0.2) is 0 Å². The molecule has 0 spiro atoms. The molecule has 52 heavy (non-hydrogen) atoms. The van der Waals surface area contributed by atoms with Gasteiger partial charge in [0.1, 0.15) is 6.04 Å². The van der Waals surface area contributed by atoms with Gasteiger partial charge in [0, 0.05) is 45.1 Å². The predicted molar refractivity (Wildman–Crippen MR) is 189 cm³/mol. The van der Waals surface area contributed by atoms with E-state index in [9.17, 15) is 24.0 Å². The fraction of sp³-hybridized carbons (Fsp3) is 0.800. The minimum atomic E-state index is -0.561. The number of hydrogen-bond donors (Lipinski definition) is 3. The summed E-state index contributed by atoms with van der Waals surface area (Å²) in [7, 11) is 1.54. The first-order chi connectivity index (χ1) is 25.3. The first-order valence-electron chi connectivity index (χ1n) is 18.2. The van der Waals surface area contributed by atoms with Gasteiger partial charge >= 0.3 is 0 Å². The van der Waals surface area contributed by atoms with E-state index in [1.165, 1.54) is 17.1 Å². The Bertz CT molecular complexity index is 997. The lowest BCUT2D eigenvalue weighted by Crippen LogP contribution is -2.48. The number of imide groups is 1. The topological polar surface area (TPSA) is 199 Å². The zero-order valence-electron chi connectivity index (χ0n) is 31.3. The molecule has 0 radical (unpaired) electrons. The predicted octanol–water partition coefficient (Wildman–Crippen LogP) is -0.00230. The highest BCUT2D eigenvalue weighted by atomic mass is 16.6. The maximum Gasteiger partial charge on any atom is 0.253 e. The molecule has 0 saturated carbocycles. The molecular formula is C35H62N4O13. The standard InChI is InChI=1S/C35H62N4O13/c1-29(2)34(35(44)36-3)38-31(41)10-13-45-15-17-47-19-21-49-23-25-51-27-28-52-26-24-50-22-20-48-18-16-46-14-11-37-30(40)7-5-4-6-12-39-32(42)8-9-33(39)43/h8-9,29,34H,4-7,10-28H2,1-3H3,(H,36,44)(H,37,40)(H,38,41)/t34-/m0/s1. The van der Waals surface area contributed by atoms with Crippen molar-refractivity contribution in [2.75, 3.05) is 126 Å². The summed E-state index contributed by atoms with van der Waals surface area (Å²) in [4.78, 5) is 59.9. The average molecular weight is 747 g/mol. The van der Waals surface area contributed by atoms with Gasteiger partial charge < -0.3 is 53.8 Å². The molecule has 3 N–H and O–H groups in total. The molecule has 1 rings (SSSR count). The molecular weight excluding hydrogens is 684 g/mol. The maximum atomic E-state index is 12.0. The highest BCUT2D eigenvalue weighted by Gasteiger charge is 2.23. The summed E-state index contributed by atoms with van der Waals surface area (Å²) in [5, 5.41) is 8.08. The molecule has 0 aromatic rings. The van der Waals surface area contributed by atoms with Crippen LogP contribution in [0.3, 0.4) is 0 Å². The van der Waals surface area contributed by atoms with Crippen molar-refractivity contribution in [1.29, 1.82) is 0 Å². The zero-order chi connectivity index (χ0) is 38.1. The second kappa shape index (κ2) is 32.6. The minimum absolute atomic E-state index is 0.0115. The first kappa shape index (κ1) is 47.0. The first-order valence-corrected chi connectivity index (χ1v) is 18.2. The lowest BCUT2D eigenvalue weighted by Gasteiger charge is -2.20. The molecule has 0 unspecified atom stereocenters. The van der Waals surface area contributed by atoms with Crippen LogP contribution in [-0.2, 0) is 61.9 Å². The third kappa shape index (κ3) is 25.8. The number of nitrogens with zero attached hydrogens (tertiary/aromatic N) is 1. The highest BCUT2D eigenvalue weighted by Crippen LogP contribution is 2.07. The number of unbranched alkanes of at least 4 members (excludes halogenated alkanes) is 2. The van der Waals surface area contributed by atoms with Crippen LogP contribution in [0.15, 0.2) is 12.2 Å². The number of carbonyl (C=O) groups is 5. The third-order valence-corrected chi connectivity index (χ3v) is 7.34. The van der Waals surface area contributed by atoms with Gasteiger partial charge in [-0.15, -0.1) is 0 Å². The van der Waals surface area contributed by atoms with Crippen LogP contribution in [0.5, 0.6) is 0 Å². The minimum Gasteiger partial charge on any atom is -0.379 e. The van der Waals surface area contributed by atoms with E-state index in [-0.39, 0.29) is 48.5 Å². The van der Waals surface area contributed by atoms with Crippen LogP contribution in [0.4, 0.5) is 0 Å². The molecule has 17 heteroatoms. The molecule has 1 aliphatic rings. The fourth-order valence-electron chi connectivity index (χ4n) is 4.48. The van der Waals surface area contributed by atoms with E-state index in [2.05, 4.69) is 16.0 Å². The molecule has 0 bridgehead atoms. The van der Waals surface area contributed by atoms with Crippen LogP contribution < -0.4 is 16.0 Å². The van der Waals surface area contributed by atoms with E-state index < -0.39 is 6.04 Å². The quantitative estimate of drug-likeness (QED) is 0.0573. The van der Waals surface area contributed by atoms with E-state index >= 15 is 0 Å². The van der Waals surface area contributed by atoms with Crippen LogP contribution in [0.2, 0.25) is 0 Å². The molecule has 0 aromatic carbocycles. The van der Waals surface area contributed by atoms with Gasteiger partial charge in [-0.05, 0) is 18.8 Å². The largest absolute Gasteiger partial charge is 0.379 e. The van der Waals surface area contributed by atoms with E-state index in [1.807, 2.05) is 13.8 Å². The Morgan fingerprint density at radius 2 is 1.00 bits per heavy atom. The van der Waals surface area contributed by atoms with Crippen LogP contribution in [0.1, 0.15) is 46.0 Å². The molecule has 0 saturated heterocycles. The van der Waals surface area contributed by atoms with Crippen molar-refractivity contribution >= 4 is 29.5 Å². The number of nitrogens with one attached hydrogen (secondary N) is 3.